The summed E-state index contributed by atoms with van der Waals surface area (Å²) in [6.45, 7) is 4.27. The van der Waals surface area contributed by atoms with Gasteiger partial charge in [0.25, 0.3) is 5.97 Å². The quantitative estimate of drug-likeness (QED) is 0.402. The smallest absolute Gasteiger partial charge is 0.314 e. The Balaban J connectivity index is 3.05. The van der Waals surface area contributed by atoms with Crippen LogP contribution in [0.15, 0.2) is 0 Å². The van der Waals surface area contributed by atoms with E-state index in [4.69, 9.17) is 4.43 Å². The summed E-state index contributed by atoms with van der Waals surface area (Å²) >= 11 is 0. The SMILES string of the molecule is CCCCCCCCCCC(=O)O[Si]CC. The number of hydrogen-bond acceptors (Lipinski definition) is 2. The molecule has 0 fully saturated rings. The fraction of sp³-hybridized carbons (Fsp3) is 0.923. The van der Waals surface area contributed by atoms with E-state index in [0.29, 0.717) is 16.2 Å². The van der Waals surface area contributed by atoms with Gasteiger partial charge in [-0.25, -0.2) is 0 Å². The van der Waals surface area contributed by atoms with Crippen LogP contribution < -0.4 is 0 Å². The second kappa shape index (κ2) is 12.8. The summed E-state index contributed by atoms with van der Waals surface area (Å²) in [4.78, 5) is 11.2. The average molecular weight is 242 g/mol. The Labute approximate surface area is 103 Å². The van der Waals surface area contributed by atoms with Crippen LogP contribution in [-0.4, -0.2) is 15.7 Å². The molecule has 0 aliphatic carbocycles. The molecule has 94 valence electrons. The Morgan fingerprint density at radius 2 is 1.50 bits per heavy atom. The van der Waals surface area contributed by atoms with Crippen molar-refractivity contribution in [2.45, 2.75) is 77.7 Å². The minimum Gasteiger partial charge on any atom is -0.516 e. The van der Waals surface area contributed by atoms with Gasteiger partial charge in [0, 0.05) is 6.42 Å². The molecule has 0 spiro atoms. The maximum Gasteiger partial charge on any atom is 0.314 e. The Morgan fingerprint density at radius 1 is 0.938 bits per heavy atom. The molecule has 0 aromatic carbocycles. The van der Waals surface area contributed by atoms with Gasteiger partial charge >= 0.3 is 9.76 Å². The van der Waals surface area contributed by atoms with Crippen molar-refractivity contribution in [3.63, 3.8) is 0 Å². The van der Waals surface area contributed by atoms with Gasteiger partial charge in [-0.05, 0) is 12.5 Å². The van der Waals surface area contributed by atoms with Crippen molar-refractivity contribution in [2.24, 2.45) is 0 Å². The van der Waals surface area contributed by atoms with Crippen molar-refractivity contribution in [3.8, 4) is 0 Å². The summed E-state index contributed by atoms with van der Waals surface area (Å²) < 4.78 is 5.04. The predicted octanol–water partition coefficient (Wildman–Crippen LogP) is 4.12. The molecule has 0 aromatic rings. The van der Waals surface area contributed by atoms with Gasteiger partial charge in [0.15, 0.2) is 0 Å². The highest BCUT2D eigenvalue weighted by atomic mass is 28.2. The van der Waals surface area contributed by atoms with Crippen LogP contribution in [0.3, 0.4) is 0 Å². The molecule has 2 nitrogen and oxygen atoms in total. The van der Waals surface area contributed by atoms with Crippen molar-refractivity contribution < 1.29 is 9.22 Å². The third-order valence-corrected chi connectivity index (χ3v) is 3.23. The first-order chi connectivity index (χ1) is 7.81. The molecule has 0 saturated heterocycles. The molecule has 0 aliphatic heterocycles. The zero-order valence-corrected chi connectivity index (χ0v) is 11.9. The summed E-state index contributed by atoms with van der Waals surface area (Å²) in [5.41, 5.74) is 0. The third kappa shape index (κ3) is 11.8. The van der Waals surface area contributed by atoms with Crippen LogP contribution >= 0.6 is 0 Å². The zero-order valence-electron chi connectivity index (χ0n) is 10.9. The molecule has 2 radical (unpaired) electrons. The van der Waals surface area contributed by atoms with E-state index in [2.05, 4.69) is 6.92 Å². The Bertz CT molecular complexity index is 160. The van der Waals surface area contributed by atoms with E-state index in [9.17, 15) is 4.79 Å². The molecule has 0 N–H and O–H groups in total. The average Bonchev–Trinajstić information content (AvgIpc) is 2.30. The molecule has 16 heavy (non-hydrogen) atoms. The molecule has 0 amide bonds. The first kappa shape index (κ1) is 15.7. The summed E-state index contributed by atoms with van der Waals surface area (Å²) in [6.07, 6.45) is 10.8. The van der Waals surface area contributed by atoms with Gasteiger partial charge in [-0.1, -0.05) is 58.8 Å². The van der Waals surface area contributed by atoms with Crippen LogP contribution in [-0.2, 0) is 9.22 Å². The fourth-order valence-corrected chi connectivity index (χ4v) is 2.01. The van der Waals surface area contributed by atoms with Crippen molar-refractivity contribution in [3.05, 3.63) is 0 Å². The first-order valence-electron chi connectivity index (χ1n) is 6.73. The lowest BCUT2D eigenvalue weighted by atomic mass is 10.1. The number of unbranched alkanes of at least 4 members (excludes halogenated alkanes) is 7. The van der Waals surface area contributed by atoms with E-state index < -0.39 is 0 Å². The van der Waals surface area contributed by atoms with Gasteiger partial charge in [-0.15, -0.1) is 0 Å². The molecule has 0 rings (SSSR count). The molecule has 0 heterocycles. The van der Waals surface area contributed by atoms with Crippen LogP contribution in [0.2, 0.25) is 6.04 Å². The standard InChI is InChI=1S/C13H26O2Si/c1-3-5-6-7-8-9-10-11-12-13(14)15-16-4-2/h3-12H2,1-2H3. The Morgan fingerprint density at radius 3 is 2.06 bits per heavy atom. The molecule has 3 heteroatoms. The first-order valence-corrected chi connectivity index (χ1v) is 7.85. The van der Waals surface area contributed by atoms with E-state index in [1.807, 2.05) is 6.92 Å². The molecule has 0 aromatic heterocycles. The van der Waals surface area contributed by atoms with Crippen LogP contribution in [0.5, 0.6) is 0 Å². The van der Waals surface area contributed by atoms with E-state index >= 15 is 0 Å². The molecule has 0 saturated carbocycles. The number of rotatable bonds is 11. The minimum atomic E-state index is -0.00818. The highest BCUT2D eigenvalue weighted by Gasteiger charge is 2.01. The van der Waals surface area contributed by atoms with Crippen LogP contribution in [0.1, 0.15) is 71.6 Å². The van der Waals surface area contributed by atoms with E-state index in [-0.39, 0.29) is 5.97 Å². The lowest BCUT2D eigenvalue weighted by molar-refractivity contribution is -0.134. The van der Waals surface area contributed by atoms with E-state index in [0.717, 1.165) is 12.5 Å². The van der Waals surface area contributed by atoms with Gasteiger partial charge < -0.3 is 4.43 Å². The lowest BCUT2D eigenvalue weighted by Gasteiger charge is -2.02. The number of carbonyl (C=O) groups excluding carboxylic acids is 1. The fourth-order valence-electron chi connectivity index (χ4n) is 1.61. The predicted molar refractivity (Wildman–Crippen MR) is 69.6 cm³/mol. The highest BCUT2D eigenvalue weighted by molar-refractivity contribution is 6.30. The van der Waals surface area contributed by atoms with Gasteiger partial charge in [-0.2, -0.15) is 0 Å². The van der Waals surface area contributed by atoms with Gasteiger partial charge in [0.1, 0.15) is 0 Å². The second-order valence-corrected chi connectivity index (χ2v) is 5.40. The monoisotopic (exact) mass is 242 g/mol. The van der Waals surface area contributed by atoms with Crippen LogP contribution in [0.25, 0.3) is 0 Å². The summed E-state index contributed by atoms with van der Waals surface area (Å²) in [6, 6.07) is 0.948. The van der Waals surface area contributed by atoms with Crippen molar-refractivity contribution in [1.29, 1.82) is 0 Å². The second-order valence-electron chi connectivity index (χ2n) is 4.20. The molecule has 0 aliphatic rings. The number of hydrogen-bond donors (Lipinski definition) is 0. The Hall–Kier alpha value is -0.313. The minimum absolute atomic E-state index is 0.00818. The molecule has 0 bridgehead atoms. The van der Waals surface area contributed by atoms with Crippen molar-refractivity contribution >= 4 is 15.7 Å². The highest BCUT2D eigenvalue weighted by Crippen LogP contribution is 2.09. The third-order valence-electron chi connectivity index (χ3n) is 2.56. The Kier molecular flexibility index (Phi) is 12.5. The summed E-state index contributed by atoms with van der Waals surface area (Å²) in [5, 5.41) is 0. The van der Waals surface area contributed by atoms with Crippen LogP contribution in [0.4, 0.5) is 0 Å². The molecular weight excluding hydrogens is 216 g/mol. The van der Waals surface area contributed by atoms with Gasteiger partial charge in [0.2, 0.25) is 0 Å². The molecule has 0 atom stereocenters. The van der Waals surface area contributed by atoms with Crippen molar-refractivity contribution in [1.82, 2.24) is 0 Å². The van der Waals surface area contributed by atoms with Gasteiger partial charge in [0.05, 0.1) is 0 Å². The molecular formula is C13H26O2Si. The summed E-state index contributed by atoms with van der Waals surface area (Å²) in [5.74, 6) is -0.00818. The van der Waals surface area contributed by atoms with Crippen molar-refractivity contribution in [2.75, 3.05) is 0 Å². The molecule has 0 unspecified atom stereocenters. The lowest BCUT2D eigenvalue weighted by Crippen LogP contribution is -2.07. The van der Waals surface area contributed by atoms with Gasteiger partial charge in [-0.3, -0.25) is 4.79 Å². The normalized spacial score (nSPS) is 10.4. The van der Waals surface area contributed by atoms with E-state index in [1.165, 1.54) is 44.9 Å². The number of carbonyl (C=O) groups is 1. The van der Waals surface area contributed by atoms with E-state index in [1.54, 1.807) is 0 Å². The zero-order chi connectivity index (χ0) is 12.1. The maximum atomic E-state index is 11.2. The summed E-state index contributed by atoms with van der Waals surface area (Å²) in [7, 11) is 0.358. The topological polar surface area (TPSA) is 26.3 Å². The maximum absolute atomic E-state index is 11.2. The van der Waals surface area contributed by atoms with Crippen LogP contribution in [0, 0.1) is 0 Å². The largest absolute Gasteiger partial charge is 0.516 e.